The second kappa shape index (κ2) is 67.1. The molecule has 0 aliphatic rings. The van der Waals surface area contributed by atoms with Gasteiger partial charge in [-0.3, -0.25) is 14.4 Å². The molecule has 0 fully saturated rings. The van der Waals surface area contributed by atoms with E-state index in [0.717, 1.165) is 89.9 Å². The first-order valence-electron chi connectivity index (χ1n) is 35.0. The van der Waals surface area contributed by atoms with Crippen molar-refractivity contribution in [1.82, 2.24) is 0 Å². The van der Waals surface area contributed by atoms with E-state index in [-0.39, 0.29) is 31.1 Å². The maximum absolute atomic E-state index is 12.9. The molecule has 458 valence electrons. The predicted octanol–water partition coefficient (Wildman–Crippen LogP) is 23.9. The molecule has 0 aromatic heterocycles. The summed E-state index contributed by atoms with van der Waals surface area (Å²) >= 11 is 0. The van der Waals surface area contributed by atoms with Crippen molar-refractivity contribution in [3.8, 4) is 0 Å². The minimum Gasteiger partial charge on any atom is -0.462 e. The summed E-state index contributed by atoms with van der Waals surface area (Å²) in [5.74, 6) is -0.880. The summed E-state index contributed by atoms with van der Waals surface area (Å²) in [4.78, 5) is 38.2. The molecule has 0 saturated carbocycles. The average Bonchev–Trinajstić information content (AvgIpc) is 3.44. The van der Waals surface area contributed by atoms with Gasteiger partial charge >= 0.3 is 17.9 Å². The Hall–Kier alpha value is -2.37. The number of unbranched alkanes of at least 4 members (excludes halogenated alkanes) is 48. The van der Waals surface area contributed by atoms with Crippen LogP contribution in [0.15, 0.2) is 36.5 Å². The molecule has 0 aromatic carbocycles. The average molecular weight is 1100 g/mol. The highest BCUT2D eigenvalue weighted by Crippen LogP contribution is 2.19. The summed E-state index contributed by atoms with van der Waals surface area (Å²) in [6.45, 7) is 6.61. The molecule has 0 radical (unpaired) electrons. The highest BCUT2D eigenvalue weighted by atomic mass is 16.6. The third-order valence-corrected chi connectivity index (χ3v) is 15.9. The van der Waals surface area contributed by atoms with Crippen LogP contribution in [0.4, 0.5) is 0 Å². The van der Waals surface area contributed by atoms with Crippen LogP contribution in [-0.2, 0) is 28.6 Å². The van der Waals surface area contributed by atoms with E-state index < -0.39 is 6.10 Å². The quantitative estimate of drug-likeness (QED) is 0.0261. The minimum absolute atomic E-state index is 0.0768. The van der Waals surface area contributed by atoms with E-state index in [1.54, 1.807) is 0 Å². The van der Waals surface area contributed by atoms with Crippen molar-refractivity contribution >= 4 is 17.9 Å². The monoisotopic (exact) mass is 1100 g/mol. The van der Waals surface area contributed by atoms with Gasteiger partial charge in [0.2, 0.25) is 0 Å². The molecule has 1 unspecified atom stereocenters. The molecular formula is C72H134O6. The first kappa shape index (κ1) is 75.6. The standard InChI is InChI=1S/C72H134O6/c1-4-7-10-13-16-19-22-24-26-27-28-29-30-31-32-33-34-35-36-37-38-39-40-41-42-43-44-46-47-50-53-56-59-62-65-71(74)77-68-69(67-76-70(73)64-61-58-55-52-49-21-18-15-12-9-6-3)78-72(75)66-63-60-57-54-51-48-45-25-23-20-17-14-11-8-5-2/h15,17-18,20,25,45,69H,4-14,16,19,21-24,26-44,46-68H2,1-3H3/b18-15-,20-17-,45-25-. The molecule has 0 amide bonds. The van der Waals surface area contributed by atoms with Crippen LogP contribution in [0.3, 0.4) is 0 Å². The highest BCUT2D eigenvalue weighted by molar-refractivity contribution is 5.71. The molecule has 6 heteroatoms. The SMILES string of the molecule is CCCC/C=C\CCCCCCCC(=O)OCC(COC(=O)CCCCCCCCCCCCCCCCCCCCCCCCCCCCCCCCCCCC)OC(=O)CCCCCCC/C=C\C/C=C\CCCCC. The van der Waals surface area contributed by atoms with Crippen LogP contribution in [0, 0.1) is 0 Å². The number of rotatable bonds is 65. The normalized spacial score (nSPS) is 12.2. The maximum Gasteiger partial charge on any atom is 0.306 e. The molecule has 0 N–H and O–H groups in total. The number of allylic oxidation sites excluding steroid dienone is 6. The predicted molar refractivity (Wildman–Crippen MR) is 339 cm³/mol. The molecule has 0 heterocycles. The fraction of sp³-hybridized carbons (Fsp3) is 0.875. The fourth-order valence-corrected chi connectivity index (χ4v) is 10.6. The zero-order chi connectivity index (χ0) is 56.4. The highest BCUT2D eigenvalue weighted by Gasteiger charge is 2.19. The zero-order valence-corrected chi connectivity index (χ0v) is 52.7. The number of ether oxygens (including phenoxy) is 3. The summed E-state index contributed by atoms with van der Waals surface area (Å²) in [6.07, 6.45) is 83.5. The third kappa shape index (κ3) is 64.5. The molecular weight excluding hydrogens is 961 g/mol. The minimum atomic E-state index is -0.781. The van der Waals surface area contributed by atoms with Gasteiger partial charge in [-0.05, 0) is 70.6 Å². The van der Waals surface area contributed by atoms with Gasteiger partial charge in [0.05, 0.1) is 0 Å². The lowest BCUT2D eigenvalue weighted by Crippen LogP contribution is -2.30. The van der Waals surface area contributed by atoms with Gasteiger partial charge in [0.15, 0.2) is 6.10 Å². The van der Waals surface area contributed by atoms with Gasteiger partial charge < -0.3 is 14.2 Å². The molecule has 1 atom stereocenters. The molecule has 6 nitrogen and oxygen atoms in total. The Balaban J connectivity index is 4.02. The van der Waals surface area contributed by atoms with Crippen molar-refractivity contribution in [3.63, 3.8) is 0 Å². The van der Waals surface area contributed by atoms with Gasteiger partial charge in [-0.2, -0.15) is 0 Å². The fourth-order valence-electron chi connectivity index (χ4n) is 10.6. The van der Waals surface area contributed by atoms with Gasteiger partial charge in [-0.25, -0.2) is 0 Å². The van der Waals surface area contributed by atoms with Crippen LogP contribution in [0.25, 0.3) is 0 Å². The summed E-state index contributed by atoms with van der Waals surface area (Å²) in [5, 5.41) is 0. The van der Waals surface area contributed by atoms with E-state index >= 15 is 0 Å². The van der Waals surface area contributed by atoms with E-state index in [4.69, 9.17) is 14.2 Å². The molecule has 0 bridgehead atoms. The molecule has 0 aliphatic heterocycles. The van der Waals surface area contributed by atoms with E-state index in [9.17, 15) is 14.4 Å². The molecule has 0 saturated heterocycles. The lowest BCUT2D eigenvalue weighted by atomic mass is 10.0. The number of carbonyl (C=O) groups is 3. The van der Waals surface area contributed by atoms with Gasteiger partial charge in [-0.15, -0.1) is 0 Å². The van der Waals surface area contributed by atoms with Crippen LogP contribution in [-0.4, -0.2) is 37.2 Å². The maximum atomic E-state index is 12.9. The van der Waals surface area contributed by atoms with Gasteiger partial charge in [-0.1, -0.05) is 333 Å². The van der Waals surface area contributed by atoms with Crippen LogP contribution in [0.5, 0.6) is 0 Å². The van der Waals surface area contributed by atoms with Crippen molar-refractivity contribution in [1.29, 1.82) is 0 Å². The van der Waals surface area contributed by atoms with Crippen LogP contribution in [0.2, 0.25) is 0 Å². The second-order valence-electron chi connectivity index (χ2n) is 23.8. The Morgan fingerprint density at radius 1 is 0.256 bits per heavy atom. The number of esters is 3. The van der Waals surface area contributed by atoms with Crippen LogP contribution in [0.1, 0.15) is 387 Å². The molecule has 0 spiro atoms. The topological polar surface area (TPSA) is 78.9 Å². The number of carbonyl (C=O) groups excluding carboxylic acids is 3. The number of hydrogen-bond donors (Lipinski definition) is 0. The Labute approximate surface area is 486 Å². The Kier molecular flexibility index (Phi) is 65.1. The van der Waals surface area contributed by atoms with Crippen molar-refractivity contribution < 1.29 is 28.6 Å². The molecule has 0 aliphatic carbocycles. The van der Waals surface area contributed by atoms with Gasteiger partial charge in [0.1, 0.15) is 13.2 Å². The van der Waals surface area contributed by atoms with Crippen molar-refractivity contribution in [2.45, 2.75) is 393 Å². The first-order chi connectivity index (χ1) is 38.5. The Bertz CT molecular complexity index is 1300. The second-order valence-corrected chi connectivity index (χ2v) is 23.8. The van der Waals surface area contributed by atoms with E-state index in [2.05, 4.69) is 57.2 Å². The van der Waals surface area contributed by atoms with Gasteiger partial charge in [0.25, 0.3) is 0 Å². The van der Waals surface area contributed by atoms with Crippen molar-refractivity contribution in [2.24, 2.45) is 0 Å². The largest absolute Gasteiger partial charge is 0.462 e. The summed E-state index contributed by atoms with van der Waals surface area (Å²) in [7, 11) is 0. The van der Waals surface area contributed by atoms with E-state index in [1.165, 1.54) is 257 Å². The Morgan fingerprint density at radius 2 is 0.474 bits per heavy atom. The van der Waals surface area contributed by atoms with Crippen LogP contribution >= 0.6 is 0 Å². The van der Waals surface area contributed by atoms with Crippen molar-refractivity contribution in [2.75, 3.05) is 13.2 Å². The van der Waals surface area contributed by atoms with Crippen molar-refractivity contribution in [3.05, 3.63) is 36.5 Å². The van der Waals surface area contributed by atoms with E-state index in [0.29, 0.717) is 19.3 Å². The van der Waals surface area contributed by atoms with Crippen LogP contribution < -0.4 is 0 Å². The smallest absolute Gasteiger partial charge is 0.306 e. The third-order valence-electron chi connectivity index (χ3n) is 15.9. The molecule has 78 heavy (non-hydrogen) atoms. The Morgan fingerprint density at radius 3 is 0.782 bits per heavy atom. The zero-order valence-electron chi connectivity index (χ0n) is 52.7. The lowest BCUT2D eigenvalue weighted by molar-refractivity contribution is -0.167. The van der Waals surface area contributed by atoms with Gasteiger partial charge in [0, 0.05) is 19.3 Å². The molecule has 0 aromatic rings. The summed E-state index contributed by atoms with van der Waals surface area (Å²) < 4.78 is 16.9. The summed E-state index contributed by atoms with van der Waals surface area (Å²) in [5.41, 5.74) is 0. The molecule has 0 rings (SSSR count). The lowest BCUT2D eigenvalue weighted by Gasteiger charge is -2.18. The summed E-state index contributed by atoms with van der Waals surface area (Å²) in [6, 6.07) is 0. The number of hydrogen-bond acceptors (Lipinski definition) is 6. The first-order valence-corrected chi connectivity index (χ1v) is 35.0. The van der Waals surface area contributed by atoms with E-state index in [1.807, 2.05) is 0 Å².